The van der Waals surface area contributed by atoms with E-state index < -0.39 is 17.7 Å². The van der Waals surface area contributed by atoms with E-state index in [9.17, 15) is 14.7 Å². The Morgan fingerprint density at radius 2 is 2.08 bits per heavy atom. The Kier molecular flexibility index (Phi) is 5.64. The number of amides is 1. The maximum Gasteiger partial charge on any atom is 0.301 e. The monoisotopic (exact) mass is 513 g/mol. The number of hydrogen-bond donors (Lipinski definition) is 1. The number of carbonyl (C=O) groups excluding carboxylic acids is 2. The summed E-state index contributed by atoms with van der Waals surface area (Å²) in [6.07, 6.45) is 3.95. The number of benzene rings is 2. The molecular weight excluding hydrogens is 490 g/mol. The third kappa shape index (κ3) is 3.92. The highest BCUT2D eigenvalue weighted by Crippen LogP contribution is 2.45. The van der Waals surface area contributed by atoms with Gasteiger partial charge < -0.3 is 14.6 Å². The van der Waals surface area contributed by atoms with Crippen LogP contribution >= 0.6 is 11.3 Å². The van der Waals surface area contributed by atoms with Crippen LogP contribution in [0.25, 0.3) is 16.0 Å². The van der Waals surface area contributed by atoms with Crippen LogP contribution in [0.3, 0.4) is 0 Å². The average molecular weight is 514 g/mol. The molecule has 1 saturated heterocycles. The van der Waals surface area contributed by atoms with Gasteiger partial charge in [-0.15, -0.1) is 0 Å². The summed E-state index contributed by atoms with van der Waals surface area (Å²) in [5.41, 5.74) is 2.67. The molecule has 0 aliphatic carbocycles. The second-order valence-corrected chi connectivity index (χ2v) is 9.98. The van der Waals surface area contributed by atoms with Gasteiger partial charge in [-0.2, -0.15) is 0 Å². The van der Waals surface area contributed by atoms with Gasteiger partial charge in [0.25, 0.3) is 5.78 Å². The van der Waals surface area contributed by atoms with E-state index in [1.807, 2.05) is 38.1 Å². The van der Waals surface area contributed by atoms with Gasteiger partial charge in [0.1, 0.15) is 23.4 Å². The van der Waals surface area contributed by atoms with Crippen molar-refractivity contribution in [2.75, 3.05) is 11.5 Å². The lowest BCUT2D eigenvalue weighted by Crippen LogP contribution is -2.29. The Labute approximate surface area is 216 Å². The zero-order chi connectivity index (χ0) is 25.7. The molecule has 6 rings (SSSR count). The minimum absolute atomic E-state index is 0.000764. The van der Waals surface area contributed by atoms with Crippen molar-refractivity contribution in [3.05, 3.63) is 83.2 Å². The number of Topliss-reactive ketones (excluding diaryl/α,β-unsaturated/α-hetero) is 1. The summed E-state index contributed by atoms with van der Waals surface area (Å²) in [6.45, 7) is 4.41. The highest BCUT2D eigenvalue weighted by Gasteiger charge is 2.48. The average Bonchev–Trinajstić information content (AvgIpc) is 3.56. The van der Waals surface area contributed by atoms with E-state index in [1.165, 1.54) is 16.2 Å². The Balaban J connectivity index is 1.50. The highest BCUT2D eigenvalue weighted by atomic mass is 32.1. The normalized spacial score (nSPS) is 20.3. The van der Waals surface area contributed by atoms with Crippen LogP contribution in [0.5, 0.6) is 11.5 Å². The van der Waals surface area contributed by atoms with Crippen LogP contribution in [-0.4, -0.2) is 39.5 Å². The SMILES string of the molecule is CCOc1ccc2nc(N3C(=O)C(=O)/C(=C(\O)c4ccc5c(c4)CC(C)O5)C3c3cccnc3)sc2c1. The van der Waals surface area contributed by atoms with Gasteiger partial charge in [-0.25, -0.2) is 4.98 Å². The van der Waals surface area contributed by atoms with Gasteiger partial charge in [0.2, 0.25) is 0 Å². The van der Waals surface area contributed by atoms with Crippen LogP contribution in [0.4, 0.5) is 5.13 Å². The zero-order valence-electron chi connectivity index (χ0n) is 20.2. The third-order valence-corrected chi connectivity index (χ3v) is 7.50. The number of aliphatic hydroxyl groups is 1. The van der Waals surface area contributed by atoms with Gasteiger partial charge in [-0.05, 0) is 67.4 Å². The first-order valence-electron chi connectivity index (χ1n) is 12.0. The van der Waals surface area contributed by atoms with E-state index in [-0.39, 0.29) is 17.4 Å². The number of ether oxygens (including phenoxy) is 2. The van der Waals surface area contributed by atoms with Crippen LogP contribution in [0.2, 0.25) is 0 Å². The van der Waals surface area contributed by atoms with Gasteiger partial charge >= 0.3 is 5.91 Å². The Morgan fingerprint density at radius 3 is 2.86 bits per heavy atom. The number of fused-ring (bicyclic) bond motifs is 2. The van der Waals surface area contributed by atoms with Crippen LogP contribution in [-0.2, 0) is 16.0 Å². The fourth-order valence-corrected chi connectivity index (χ4v) is 5.88. The second kappa shape index (κ2) is 9.01. The molecule has 2 aliphatic rings. The molecule has 2 unspecified atom stereocenters. The molecular formula is C28H23N3O5S. The van der Waals surface area contributed by atoms with E-state index in [1.54, 1.807) is 36.7 Å². The molecule has 4 aromatic rings. The summed E-state index contributed by atoms with van der Waals surface area (Å²) in [6, 6.07) is 13.4. The topological polar surface area (TPSA) is 102 Å². The minimum atomic E-state index is -0.885. The summed E-state index contributed by atoms with van der Waals surface area (Å²) in [7, 11) is 0. The van der Waals surface area contributed by atoms with Gasteiger partial charge in [-0.3, -0.25) is 19.5 Å². The fraction of sp³-hybridized carbons (Fsp3) is 0.214. The number of thiazole rings is 1. The molecule has 8 nitrogen and oxygen atoms in total. The molecule has 1 N–H and O–H groups in total. The lowest BCUT2D eigenvalue weighted by molar-refractivity contribution is -0.132. The first-order valence-corrected chi connectivity index (χ1v) is 12.8. The van der Waals surface area contributed by atoms with Crippen LogP contribution in [0, 0.1) is 0 Å². The molecule has 186 valence electrons. The maximum atomic E-state index is 13.4. The first kappa shape index (κ1) is 23.2. The molecule has 1 amide bonds. The molecule has 1 fully saturated rings. The molecule has 0 saturated carbocycles. The van der Waals surface area contributed by atoms with Gasteiger partial charge in [0.05, 0.1) is 28.4 Å². The molecule has 0 bridgehead atoms. The van der Waals surface area contributed by atoms with Crippen molar-refractivity contribution in [3.8, 4) is 11.5 Å². The summed E-state index contributed by atoms with van der Waals surface area (Å²) >= 11 is 1.29. The highest BCUT2D eigenvalue weighted by molar-refractivity contribution is 7.22. The standard InChI is InChI=1S/C28H23N3O5S/c1-3-35-19-7-8-20-22(13-19)37-28(30-20)31-24(17-5-4-10-29-14-17)23(26(33)27(31)34)25(32)16-6-9-21-18(12-16)11-15(2)36-21/h4-10,12-15,24,32H,3,11H2,1-2H3/b25-23-. The number of aliphatic hydroxyl groups excluding tert-OH is 1. The first-order chi connectivity index (χ1) is 17.9. The van der Waals surface area contributed by atoms with E-state index >= 15 is 0 Å². The van der Waals surface area contributed by atoms with Crippen LogP contribution < -0.4 is 14.4 Å². The van der Waals surface area contributed by atoms with Gasteiger partial charge in [0.15, 0.2) is 5.13 Å². The van der Waals surface area contributed by atoms with E-state index in [4.69, 9.17) is 9.47 Å². The summed E-state index contributed by atoms with van der Waals surface area (Å²) in [5, 5.41) is 11.8. The largest absolute Gasteiger partial charge is 0.507 e. The smallest absolute Gasteiger partial charge is 0.301 e. The molecule has 2 atom stereocenters. The van der Waals surface area contributed by atoms with E-state index in [2.05, 4.69) is 9.97 Å². The minimum Gasteiger partial charge on any atom is -0.507 e. The Hall–Kier alpha value is -4.24. The number of carbonyl (C=O) groups is 2. The lowest BCUT2D eigenvalue weighted by atomic mass is 9.95. The van der Waals surface area contributed by atoms with Crippen molar-refractivity contribution < 1.29 is 24.2 Å². The molecule has 4 heterocycles. The molecule has 0 spiro atoms. The maximum absolute atomic E-state index is 13.4. The number of pyridine rings is 1. The summed E-state index contributed by atoms with van der Waals surface area (Å²) in [5.74, 6) is -0.305. The summed E-state index contributed by atoms with van der Waals surface area (Å²) < 4.78 is 12.2. The van der Waals surface area contributed by atoms with Crippen molar-refractivity contribution in [2.24, 2.45) is 0 Å². The van der Waals surface area contributed by atoms with Crippen molar-refractivity contribution in [3.63, 3.8) is 0 Å². The molecule has 2 aliphatic heterocycles. The summed E-state index contributed by atoms with van der Waals surface area (Å²) in [4.78, 5) is 37.1. The van der Waals surface area contributed by atoms with Gasteiger partial charge in [-0.1, -0.05) is 17.4 Å². The van der Waals surface area contributed by atoms with Crippen LogP contribution in [0.1, 0.15) is 36.6 Å². The number of nitrogens with zero attached hydrogens (tertiary/aromatic N) is 3. The number of rotatable bonds is 5. The number of ketones is 1. The third-order valence-electron chi connectivity index (χ3n) is 6.48. The number of anilines is 1. The number of aromatic nitrogens is 2. The Bertz CT molecular complexity index is 1580. The van der Waals surface area contributed by atoms with E-state index in [0.717, 1.165) is 16.0 Å². The van der Waals surface area contributed by atoms with Crippen molar-refractivity contribution in [2.45, 2.75) is 32.4 Å². The molecule has 37 heavy (non-hydrogen) atoms. The van der Waals surface area contributed by atoms with Gasteiger partial charge in [0, 0.05) is 24.4 Å². The molecule has 0 radical (unpaired) electrons. The predicted octanol–water partition coefficient (Wildman–Crippen LogP) is 5.04. The molecule has 2 aromatic heterocycles. The zero-order valence-corrected chi connectivity index (χ0v) is 21.0. The Morgan fingerprint density at radius 1 is 1.22 bits per heavy atom. The second-order valence-electron chi connectivity index (χ2n) is 8.97. The van der Waals surface area contributed by atoms with E-state index in [0.29, 0.717) is 40.6 Å². The van der Waals surface area contributed by atoms with Crippen molar-refractivity contribution in [1.82, 2.24) is 9.97 Å². The molecule has 9 heteroatoms. The van der Waals surface area contributed by atoms with Crippen molar-refractivity contribution >= 4 is 44.1 Å². The predicted molar refractivity (Wildman–Crippen MR) is 140 cm³/mol. The van der Waals surface area contributed by atoms with Crippen molar-refractivity contribution in [1.29, 1.82) is 0 Å². The van der Waals surface area contributed by atoms with Crippen LogP contribution in [0.15, 0.2) is 66.5 Å². The molecule has 2 aromatic carbocycles. The lowest BCUT2D eigenvalue weighted by Gasteiger charge is -2.22. The quantitative estimate of drug-likeness (QED) is 0.227. The fourth-order valence-electron chi connectivity index (χ4n) is 4.86. The number of hydrogen-bond acceptors (Lipinski definition) is 8.